The van der Waals surface area contributed by atoms with Crippen molar-refractivity contribution >= 4 is 41.2 Å². The number of carbonyl (C=O) groups excluding carboxylic acids is 1. The van der Waals surface area contributed by atoms with Crippen LogP contribution in [0.15, 0.2) is 0 Å². The van der Waals surface area contributed by atoms with Gasteiger partial charge in [0.15, 0.2) is 3.95 Å². The average molecular weight is 345 g/mol. The Kier molecular flexibility index (Phi) is 4.73. The number of amides is 1. The van der Waals surface area contributed by atoms with Crippen molar-refractivity contribution in [1.29, 1.82) is 0 Å². The maximum absolute atomic E-state index is 12.2. The van der Waals surface area contributed by atoms with Crippen molar-refractivity contribution in [2.45, 2.75) is 44.2 Å². The minimum absolute atomic E-state index is 0.0152. The first-order valence-corrected chi connectivity index (χ1v) is 9.64. The van der Waals surface area contributed by atoms with Gasteiger partial charge < -0.3 is 15.0 Å². The number of H-pyrrole nitrogens is 1. The van der Waals surface area contributed by atoms with Crippen molar-refractivity contribution in [3.05, 3.63) is 14.5 Å². The molecule has 1 aromatic rings. The maximum Gasteiger partial charge on any atom is 0.225 e. The van der Waals surface area contributed by atoms with Crippen LogP contribution in [0.3, 0.4) is 0 Å². The molecule has 2 N–H and O–H groups in total. The van der Waals surface area contributed by atoms with Gasteiger partial charge in [-0.2, -0.15) is 11.8 Å². The van der Waals surface area contributed by atoms with Gasteiger partial charge in [-0.25, -0.2) is 0 Å². The van der Waals surface area contributed by atoms with Gasteiger partial charge in [-0.3, -0.25) is 4.79 Å². The lowest BCUT2D eigenvalue weighted by Crippen LogP contribution is -2.49. The number of ether oxygens (including phenoxy) is 1. The predicted molar refractivity (Wildman–Crippen MR) is 89.7 cm³/mol. The molecular weight excluding hydrogens is 324 g/mol. The van der Waals surface area contributed by atoms with Crippen molar-refractivity contribution in [2.75, 3.05) is 18.1 Å². The summed E-state index contributed by atoms with van der Waals surface area (Å²) in [5.41, 5.74) is 1.03. The van der Waals surface area contributed by atoms with E-state index in [2.05, 4.69) is 10.3 Å². The highest BCUT2D eigenvalue weighted by molar-refractivity contribution is 7.99. The first-order valence-electron chi connectivity index (χ1n) is 7.26. The van der Waals surface area contributed by atoms with Gasteiger partial charge in [-0.15, -0.1) is 11.3 Å². The van der Waals surface area contributed by atoms with Crippen LogP contribution in [-0.4, -0.2) is 40.6 Å². The zero-order valence-electron chi connectivity index (χ0n) is 12.1. The highest BCUT2D eigenvalue weighted by Crippen LogP contribution is 2.38. The van der Waals surface area contributed by atoms with E-state index < -0.39 is 0 Å². The van der Waals surface area contributed by atoms with E-state index in [0.717, 1.165) is 46.1 Å². The van der Waals surface area contributed by atoms with Crippen LogP contribution in [-0.2, 0) is 16.0 Å². The van der Waals surface area contributed by atoms with Crippen LogP contribution in [0.25, 0.3) is 0 Å². The minimum atomic E-state index is 0.0152. The smallest absolute Gasteiger partial charge is 0.225 e. The van der Waals surface area contributed by atoms with Crippen LogP contribution in [0.2, 0.25) is 0 Å². The highest BCUT2D eigenvalue weighted by atomic mass is 32.2. The number of thioether (sulfide) groups is 1. The maximum atomic E-state index is 12.2. The van der Waals surface area contributed by atoms with E-state index in [1.165, 1.54) is 17.1 Å². The molecule has 21 heavy (non-hydrogen) atoms. The number of rotatable bonds is 3. The number of aromatic amines is 1. The van der Waals surface area contributed by atoms with E-state index in [4.69, 9.17) is 17.0 Å². The van der Waals surface area contributed by atoms with Gasteiger partial charge in [0.25, 0.3) is 0 Å². The molecule has 2 aliphatic heterocycles. The van der Waals surface area contributed by atoms with E-state index in [1.54, 1.807) is 0 Å². The highest BCUT2D eigenvalue weighted by Gasteiger charge is 2.40. The third kappa shape index (κ3) is 3.70. The molecular formula is C14H20N2O2S3. The number of aryl methyl sites for hydroxylation is 1. The van der Waals surface area contributed by atoms with Gasteiger partial charge in [-0.1, -0.05) is 0 Å². The summed E-state index contributed by atoms with van der Waals surface area (Å²) < 4.78 is 6.73. The first kappa shape index (κ1) is 15.5. The van der Waals surface area contributed by atoms with E-state index in [-0.39, 0.29) is 17.6 Å². The van der Waals surface area contributed by atoms with Crippen LogP contribution in [0, 0.1) is 10.9 Å². The normalized spacial score (nSPS) is 28.9. The van der Waals surface area contributed by atoms with Crippen LogP contribution in [0.4, 0.5) is 0 Å². The zero-order valence-corrected chi connectivity index (χ0v) is 14.5. The summed E-state index contributed by atoms with van der Waals surface area (Å²) in [6.45, 7) is 2.72. The molecule has 0 bridgehead atoms. The van der Waals surface area contributed by atoms with Crippen molar-refractivity contribution in [1.82, 2.24) is 10.3 Å². The van der Waals surface area contributed by atoms with Gasteiger partial charge >= 0.3 is 0 Å². The molecule has 1 aromatic heterocycles. The van der Waals surface area contributed by atoms with E-state index in [1.807, 2.05) is 18.7 Å². The minimum Gasteiger partial charge on any atom is -0.374 e. The van der Waals surface area contributed by atoms with Crippen molar-refractivity contribution in [2.24, 2.45) is 0 Å². The number of hydrogen-bond donors (Lipinski definition) is 2. The van der Waals surface area contributed by atoms with Crippen LogP contribution < -0.4 is 5.32 Å². The SMILES string of the molecule is Cc1[nH]c(=S)sc1CC(=O)N[C@@H]1CCO[C@]2(CCSC2)C1. The summed E-state index contributed by atoms with van der Waals surface area (Å²) in [5, 5.41) is 3.19. The molecule has 1 spiro atoms. The van der Waals surface area contributed by atoms with Crippen molar-refractivity contribution < 1.29 is 9.53 Å². The number of nitrogens with one attached hydrogen (secondary N) is 2. The zero-order chi connectivity index (χ0) is 14.9. The quantitative estimate of drug-likeness (QED) is 0.828. The molecule has 116 valence electrons. The van der Waals surface area contributed by atoms with Crippen LogP contribution in [0.1, 0.15) is 29.8 Å². The number of hydrogen-bond acceptors (Lipinski definition) is 5. The number of aromatic nitrogens is 1. The Bertz CT molecular complexity index is 575. The van der Waals surface area contributed by atoms with E-state index >= 15 is 0 Å². The largest absolute Gasteiger partial charge is 0.374 e. The Labute approximate surface area is 138 Å². The number of thiazole rings is 1. The standard InChI is InChI=1S/C14H20N2O2S3/c1-9-11(21-13(19)15-9)6-12(17)16-10-2-4-18-14(7-10)3-5-20-8-14/h10H,2-8H2,1H3,(H,15,19)(H,16,17)/t10-,14-/m1/s1. The van der Waals surface area contributed by atoms with Crippen LogP contribution >= 0.6 is 35.3 Å². The second-order valence-corrected chi connectivity index (χ2v) is 8.71. The molecule has 0 saturated carbocycles. The molecule has 0 aliphatic carbocycles. The second-order valence-electron chi connectivity index (χ2n) is 5.83. The molecule has 2 saturated heterocycles. The average Bonchev–Trinajstić information content (AvgIpc) is 2.97. The van der Waals surface area contributed by atoms with Gasteiger partial charge in [0.05, 0.1) is 12.0 Å². The molecule has 7 heteroatoms. The third-order valence-corrected chi connectivity index (χ3v) is 6.73. The summed E-state index contributed by atoms with van der Waals surface area (Å²) in [4.78, 5) is 16.4. The van der Waals surface area contributed by atoms with Crippen molar-refractivity contribution in [3.8, 4) is 0 Å². The second kappa shape index (κ2) is 6.40. The molecule has 4 nitrogen and oxygen atoms in total. The summed E-state index contributed by atoms with van der Waals surface area (Å²) in [5.74, 6) is 2.33. The van der Waals surface area contributed by atoms with E-state index in [9.17, 15) is 4.79 Å². The Morgan fingerprint density at radius 1 is 1.62 bits per heavy atom. The Balaban J connectivity index is 1.57. The van der Waals surface area contributed by atoms with Crippen LogP contribution in [0.5, 0.6) is 0 Å². The third-order valence-electron chi connectivity index (χ3n) is 4.17. The first-order chi connectivity index (χ1) is 10.1. The molecule has 1 amide bonds. The summed E-state index contributed by atoms with van der Waals surface area (Å²) in [6, 6.07) is 0.247. The van der Waals surface area contributed by atoms with Gasteiger partial charge in [0.2, 0.25) is 5.91 Å². The Hall–Kier alpha value is -0.370. The van der Waals surface area contributed by atoms with Crippen molar-refractivity contribution in [3.63, 3.8) is 0 Å². The molecule has 2 aliphatic rings. The Morgan fingerprint density at radius 2 is 2.48 bits per heavy atom. The predicted octanol–water partition coefficient (Wildman–Crippen LogP) is 2.83. The topological polar surface area (TPSA) is 54.1 Å². The summed E-state index contributed by atoms with van der Waals surface area (Å²) in [6.07, 6.45) is 3.40. The fourth-order valence-electron chi connectivity index (χ4n) is 3.04. The Morgan fingerprint density at radius 3 is 3.14 bits per heavy atom. The molecule has 0 radical (unpaired) electrons. The number of carbonyl (C=O) groups is 1. The lowest BCUT2D eigenvalue weighted by atomic mass is 9.90. The van der Waals surface area contributed by atoms with Gasteiger partial charge in [-0.05, 0) is 44.2 Å². The molecule has 2 fully saturated rings. The summed E-state index contributed by atoms with van der Waals surface area (Å²) in [7, 11) is 0. The van der Waals surface area contributed by atoms with Gasteiger partial charge in [0.1, 0.15) is 0 Å². The molecule has 0 unspecified atom stereocenters. The monoisotopic (exact) mass is 344 g/mol. The molecule has 3 heterocycles. The lowest BCUT2D eigenvalue weighted by molar-refractivity contribution is -0.123. The molecule has 3 rings (SSSR count). The van der Waals surface area contributed by atoms with Gasteiger partial charge in [0, 0.05) is 29.0 Å². The molecule has 2 atom stereocenters. The fraction of sp³-hybridized carbons (Fsp3) is 0.714. The van der Waals surface area contributed by atoms with E-state index in [0.29, 0.717) is 6.42 Å². The molecule has 0 aromatic carbocycles. The lowest BCUT2D eigenvalue weighted by Gasteiger charge is -2.38. The summed E-state index contributed by atoms with van der Waals surface area (Å²) >= 11 is 8.57. The fourth-order valence-corrected chi connectivity index (χ4v) is 5.71.